The van der Waals surface area contributed by atoms with Crippen molar-refractivity contribution in [2.24, 2.45) is 0 Å². The van der Waals surface area contributed by atoms with E-state index < -0.39 is 30.1 Å². The average molecular weight is 1620 g/mol. The van der Waals surface area contributed by atoms with Crippen molar-refractivity contribution in [2.45, 2.75) is 142 Å². The van der Waals surface area contributed by atoms with Crippen molar-refractivity contribution in [1.29, 1.82) is 0 Å². The summed E-state index contributed by atoms with van der Waals surface area (Å²) in [6.45, 7) is 19.9. The molecule has 12 aromatic rings. The van der Waals surface area contributed by atoms with Crippen molar-refractivity contribution < 1.29 is 30.0 Å². The van der Waals surface area contributed by atoms with Crippen molar-refractivity contribution in [1.82, 2.24) is 71.6 Å². The van der Waals surface area contributed by atoms with Gasteiger partial charge in [0.25, 0.3) is 30.1 Å². The molecule has 22 nitrogen and oxygen atoms in total. The molecule has 0 atom stereocenters. The van der Waals surface area contributed by atoms with Crippen LogP contribution >= 0.6 is 34.0 Å². The fraction of sp³-hybridized carbons (Fsp3) is 0.417. The molecule has 3 aliphatic heterocycles. The second-order valence-corrected chi connectivity index (χ2v) is 39.3. The molecule has 6 fully saturated rings. The highest BCUT2D eigenvalue weighted by Crippen LogP contribution is 2.43. The maximum Gasteiger partial charge on any atom is 0.269 e. The quantitative estimate of drug-likeness (QED) is 0.106. The van der Waals surface area contributed by atoms with Gasteiger partial charge in [-0.1, -0.05) is 54.6 Å². The van der Waals surface area contributed by atoms with Crippen LogP contribution in [-0.2, 0) is 34.9 Å². The first-order chi connectivity index (χ1) is 54.1. The highest BCUT2D eigenvalue weighted by Gasteiger charge is 2.34. The van der Waals surface area contributed by atoms with Gasteiger partial charge in [-0.25, -0.2) is 67.1 Å². The second-order valence-electron chi connectivity index (χ2n) is 30.7. The van der Waals surface area contributed by atoms with Gasteiger partial charge < -0.3 is 20.0 Å². The first-order valence-electron chi connectivity index (χ1n) is 39.1. The van der Waals surface area contributed by atoms with Crippen LogP contribution in [0.5, 0.6) is 0 Å². The Labute approximate surface area is 669 Å². The Hall–Kier alpha value is -8.10. The number of likely N-dealkylation sites (N-methyl/N-ethyl adjacent to an activating group) is 3. The number of nitrogens with zero attached hydrogens (tertiary/aromatic N) is 14. The number of ketones is 1. The number of aryl methyl sites for hydroxylation is 3. The predicted octanol–water partition coefficient (Wildman–Crippen LogP) is 14.4. The third-order valence-corrected chi connectivity index (χ3v) is 30.6. The summed E-state index contributed by atoms with van der Waals surface area (Å²) >= 11 is 4.66. The number of hydrogen-bond donors (Lipinski definition) is 1. The van der Waals surface area contributed by atoms with Gasteiger partial charge in [-0.3, -0.25) is 14.6 Å². The van der Waals surface area contributed by atoms with E-state index in [4.69, 9.17) is 9.97 Å². The number of Topliss-reactive ketones (excluding diaryl/α,β-unsaturated/α-hetero) is 1. The number of benzene rings is 3. The molecule has 0 bridgehead atoms. The van der Waals surface area contributed by atoms with Gasteiger partial charge in [0.15, 0.2) is 16.9 Å². The van der Waals surface area contributed by atoms with E-state index >= 15 is 0 Å². The lowest BCUT2D eigenvalue weighted by atomic mass is 9.81. The first-order valence-corrected chi connectivity index (χ1v) is 46.1. The molecule has 12 heterocycles. The average Bonchev–Trinajstić information content (AvgIpc) is 1.60. The van der Waals surface area contributed by atoms with Gasteiger partial charge in [-0.15, -0.1) is 34.0 Å². The molecule has 3 saturated heterocycles. The lowest BCUT2D eigenvalue weighted by Crippen LogP contribution is -2.49. The number of carbonyl (C=O) groups is 1. The van der Waals surface area contributed by atoms with Gasteiger partial charge in [-0.2, -0.15) is 0 Å². The molecule has 588 valence electrons. The predicted molar refractivity (Wildman–Crippen MR) is 449 cm³/mol. The minimum absolute atomic E-state index is 0.213. The largest absolute Gasteiger partial charge is 0.314 e. The lowest BCUT2D eigenvalue weighted by molar-refractivity contribution is -0.120. The third kappa shape index (κ3) is 17.4. The number of nitrogens with one attached hydrogen (secondary N) is 1. The van der Waals surface area contributed by atoms with E-state index in [-0.39, 0.29) is 20.6 Å². The van der Waals surface area contributed by atoms with Gasteiger partial charge in [0, 0.05) is 190 Å². The van der Waals surface area contributed by atoms with E-state index in [0.29, 0.717) is 59.5 Å². The minimum Gasteiger partial charge on any atom is -0.314 e. The zero-order valence-electron chi connectivity index (χ0n) is 64.5. The van der Waals surface area contributed by atoms with Crippen molar-refractivity contribution in [3.05, 3.63) is 194 Å². The fourth-order valence-corrected chi connectivity index (χ4v) is 22.5. The molecule has 1 N–H and O–H groups in total. The molecule has 0 unspecified atom stereocenters. The summed E-state index contributed by atoms with van der Waals surface area (Å²) < 4.78 is 85.0. The Morgan fingerprint density at radius 2 is 0.679 bits per heavy atom. The Balaban J connectivity index is 0.000000127. The maximum atomic E-state index is 13.6. The molecule has 28 heteroatoms. The van der Waals surface area contributed by atoms with E-state index in [1.165, 1.54) is 99.3 Å². The highest BCUT2D eigenvalue weighted by molar-refractivity contribution is 7.90. The number of piperazine rings is 3. The van der Waals surface area contributed by atoms with E-state index in [1.807, 2.05) is 67.5 Å². The molecule has 3 aliphatic carbocycles. The highest BCUT2D eigenvalue weighted by atomic mass is 32.2. The van der Waals surface area contributed by atoms with Gasteiger partial charge in [-0.05, 0) is 195 Å². The van der Waals surface area contributed by atoms with Crippen LogP contribution in [0.15, 0.2) is 177 Å². The zero-order chi connectivity index (χ0) is 77.8. The molecule has 0 radical (unpaired) electrons. The summed E-state index contributed by atoms with van der Waals surface area (Å²) in [5.74, 6) is 1.46. The summed E-state index contributed by atoms with van der Waals surface area (Å²) in [6, 6.07) is 33.2. The SMILES string of the molecule is CN1CCNCC1.Cc1nc(-c2cn(S(=O)(=O)c3ccccc3)c3ncc(C4CCC(=O)CC4)cc23)cs1.Cc1nc(-c2cn(S(=O)(=O)c3ccccc3)c3ncc(C4CCC(N5CCN(C)CC5)CC4)cc23)cs1.Cc1nc(-c2cn(S(=O)(=O)c3ccccc3)c3ncc(C4CCC(N5CCN(C)CC5)CC4)cc23)cs1. The number of aromatic nitrogens is 9. The van der Waals surface area contributed by atoms with Crippen LogP contribution in [0, 0.1) is 20.8 Å². The second kappa shape index (κ2) is 34.5. The Bertz CT molecular complexity index is 5370. The van der Waals surface area contributed by atoms with Crippen molar-refractivity contribution in [2.75, 3.05) is 99.7 Å². The maximum absolute atomic E-state index is 13.6. The standard InChI is InChI=1S/2C28H33N5O2S2.C23H21N3O3S2.C5H12N2/c2*1-20-30-27(19-36-20)26-18-33(37(34,35)24-6-4-3-5-7-24)28-25(26)16-22(17-29-28)21-8-10-23(11-9-21)32-14-12-31(2)13-15-32;1-15-25-22(14-30-15)21-13-26(31(28,29)19-5-3-2-4-6-19)23-20(21)11-17(12-24-23)16-7-9-18(27)10-8-16;1-7-4-2-6-3-5-7/h2*3-7,16-19,21,23H,8-15H2,1-2H3;2-6,11-14,16H,7-10H2,1H3;6H,2-5H2,1H3. The normalized spacial score (nSPS) is 20.4. The zero-order valence-corrected chi connectivity index (χ0v) is 69.4. The van der Waals surface area contributed by atoms with Gasteiger partial charge >= 0.3 is 0 Å². The van der Waals surface area contributed by atoms with Crippen LogP contribution in [0.3, 0.4) is 0 Å². The third-order valence-electron chi connectivity index (χ3n) is 23.3. The number of pyridine rings is 3. The van der Waals surface area contributed by atoms with Crippen LogP contribution in [0.4, 0.5) is 0 Å². The number of thiazole rings is 3. The number of hydrogen-bond acceptors (Lipinski definition) is 22. The summed E-state index contributed by atoms with van der Waals surface area (Å²) in [4.78, 5) is 52.9. The smallest absolute Gasteiger partial charge is 0.269 e. The lowest BCUT2D eigenvalue weighted by Gasteiger charge is -2.41. The van der Waals surface area contributed by atoms with E-state index in [2.05, 4.69) is 83.0 Å². The molecule has 0 spiro atoms. The molecule has 9 aromatic heterocycles. The Kier molecular flexibility index (Phi) is 24.4. The molecule has 3 saturated carbocycles. The molecule has 112 heavy (non-hydrogen) atoms. The Morgan fingerprint density at radius 1 is 0.384 bits per heavy atom. The molecule has 18 rings (SSSR count). The topological polar surface area (TPSA) is 240 Å². The molecule has 0 amide bonds. The van der Waals surface area contributed by atoms with E-state index in [0.717, 1.165) is 148 Å². The van der Waals surface area contributed by atoms with Gasteiger partial charge in [0.2, 0.25) is 0 Å². The number of rotatable bonds is 14. The molecular weight excluding hydrogens is 1520 g/mol. The summed E-state index contributed by atoms with van der Waals surface area (Å²) in [6.07, 6.45) is 22.7. The first kappa shape index (κ1) is 79.1. The number of carbonyl (C=O) groups excluding carboxylic acids is 1. The van der Waals surface area contributed by atoms with Crippen LogP contribution in [0.1, 0.15) is 127 Å². The van der Waals surface area contributed by atoms with Crippen molar-refractivity contribution in [3.63, 3.8) is 0 Å². The van der Waals surface area contributed by atoms with Gasteiger partial charge in [0.1, 0.15) is 5.78 Å². The van der Waals surface area contributed by atoms with Crippen LogP contribution in [0.2, 0.25) is 0 Å². The van der Waals surface area contributed by atoms with Crippen LogP contribution in [-0.4, -0.2) is 209 Å². The van der Waals surface area contributed by atoms with Gasteiger partial charge in [0.05, 0.1) is 46.8 Å². The van der Waals surface area contributed by atoms with Crippen LogP contribution < -0.4 is 5.32 Å². The van der Waals surface area contributed by atoms with E-state index in [9.17, 15) is 30.0 Å². The molecular formula is C84H99N15O7S6. The molecule has 6 aliphatic rings. The fourth-order valence-electron chi connectivity index (χ4n) is 16.7. The number of fused-ring (bicyclic) bond motifs is 3. The Morgan fingerprint density at radius 3 is 0.955 bits per heavy atom. The van der Waals surface area contributed by atoms with Crippen molar-refractivity contribution in [3.8, 4) is 33.8 Å². The summed E-state index contributed by atoms with van der Waals surface area (Å²) in [5, 5.41) is 14.5. The minimum atomic E-state index is -3.81. The summed E-state index contributed by atoms with van der Waals surface area (Å²) in [7, 11) is -4.81. The van der Waals surface area contributed by atoms with Crippen LogP contribution in [0.25, 0.3) is 66.9 Å². The van der Waals surface area contributed by atoms with Crippen molar-refractivity contribution >= 4 is 103 Å². The molecule has 3 aromatic carbocycles. The monoisotopic (exact) mass is 1620 g/mol. The summed E-state index contributed by atoms with van der Waals surface area (Å²) in [5.41, 5.74) is 9.48. The van der Waals surface area contributed by atoms with E-state index in [1.54, 1.807) is 126 Å².